The Labute approximate surface area is 276 Å². The molecule has 0 spiro atoms. The van der Waals surface area contributed by atoms with Crippen LogP contribution in [0.15, 0.2) is 101 Å². The monoisotopic (exact) mass is 668 g/mol. The van der Waals surface area contributed by atoms with Gasteiger partial charge in [-0.1, -0.05) is 73.1 Å². The van der Waals surface area contributed by atoms with Crippen LogP contribution < -0.4 is 0 Å². The van der Waals surface area contributed by atoms with Crippen LogP contribution in [0.2, 0.25) is 0 Å². The Kier molecular flexibility index (Phi) is 12.3. The Hall–Kier alpha value is -3.77. The van der Waals surface area contributed by atoms with E-state index >= 15 is 0 Å². The van der Waals surface area contributed by atoms with Gasteiger partial charge in [-0.25, -0.2) is 17.5 Å². The molecular weight excluding hydrogens is 628 g/mol. The fourth-order valence-electron chi connectivity index (χ4n) is 5.83. The number of nitrogens with zero attached hydrogens (tertiary/aromatic N) is 4. The van der Waals surface area contributed by atoms with Crippen molar-refractivity contribution >= 4 is 33.4 Å². The van der Waals surface area contributed by atoms with Crippen LogP contribution in [0, 0.1) is 10.1 Å². The molecule has 1 saturated heterocycles. The van der Waals surface area contributed by atoms with Gasteiger partial charge in [0.15, 0.2) is 0 Å². The van der Waals surface area contributed by atoms with Gasteiger partial charge < -0.3 is 14.5 Å². The minimum Gasteiger partial charge on any atom is -0.445 e. The van der Waals surface area contributed by atoms with E-state index in [9.17, 15) is 23.3 Å². The Morgan fingerprint density at radius 1 is 1.04 bits per heavy atom. The molecule has 1 heterocycles. The molecule has 0 aliphatic carbocycles. The Morgan fingerprint density at radius 3 is 2.24 bits per heavy atom. The Bertz CT molecular complexity index is 1570. The second kappa shape index (κ2) is 16.2. The van der Waals surface area contributed by atoms with E-state index < -0.39 is 26.5 Å². The lowest BCUT2D eigenvalue weighted by Gasteiger charge is -2.40. The summed E-state index contributed by atoms with van der Waals surface area (Å²) in [6.07, 6.45) is 3.46. The first kappa shape index (κ1) is 35.1. The van der Waals surface area contributed by atoms with Crippen LogP contribution >= 0.6 is 11.6 Å². The largest absolute Gasteiger partial charge is 0.445 e. The van der Waals surface area contributed by atoms with Crippen molar-refractivity contribution in [3.8, 4) is 0 Å². The van der Waals surface area contributed by atoms with Crippen molar-refractivity contribution in [2.45, 2.75) is 49.1 Å². The molecule has 1 atom stereocenters. The summed E-state index contributed by atoms with van der Waals surface area (Å²) in [6.45, 7) is 5.06. The SMILES string of the molecule is CN(CC(C)(CCN1CCC(N(C/C=C/Cl)C(=O)OCc2ccc([N+](=O)[O-])cc2)CC1)c1ccccc1)S(=O)(=O)c1ccccc1. The molecule has 4 rings (SSSR count). The molecule has 0 radical (unpaired) electrons. The number of carbonyl (C=O) groups excluding carboxylic acids is 1. The Balaban J connectivity index is 1.37. The number of halogens is 1. The highest BCUT2D eigenvalue weighted by Gasteiger charge is 2.34. The molecule has 246 valence electrons. The number of carbonyl (C=O) groups is 1. The van der Waals surface area contributed by atoms with E-state index in [1.54, 1.807) is 60.5 Å². The van der Waals surface area contributed by atoms with Gasteiger partial charge in [0.25, 0.3) is 5.69 Å². The smallest absolute Gasteiger partial charge is 0.410 e. The van der Waals surface area contributed by atoms with Crippen LogP contribution in [-0.2, 0) is 26.8 Å². The van der Waals surface area contributed by atoms with Crippen molar-refractivity contribution in [2.24, 2.45) is 0 Å². The first-order valence-corrected chi connectivity index (χ1v) is 17.1. The number of hydrogen-bond donors (Lipinski definition) is 0. The van der Waals surface area contributed by atoms with Crippen LogP contribution in [0.4, 0.5) is 10.5 Å². The summed E-state index contributed by atoms with van der Waals surface area (Å²) in [5.41, 5.74) is 2.66. The van der Waals surface area contributed by atoms with E-state index in [0.29, 0.717) is 18.7 Å². The summed E-state index contributed by atoms with van der Waals surface area (Å²) < 4.78 is 33.8. The van der Waals surface area contributed by atoms with Crippen molar-refractivity contribution in [1.29, 1.82) is 0 Å². The van der Waals surface area contributed by atoms with Gasteiger partial charge in [0.2, 0.25) is 10.0 Å². The van der Waals surface area contributed by atoms with Crippen LogP contribution in [-0.4, -0.2) is 79.4 Å². The molecule has 3 aromatic carbocycles. The van der Waals surface area contributed by atoms with Crippen LogP contribution in [0.5, 0.6) is 0 Å². The van der Waals surface area contributed by atoms with E-state index in [1.165, 1.54) is 22.0 Å². The predicted molar refractivity (Wildman–Crippen MR) is 179 cm³/mol. The lowest BCUT2D eigenvalue weighted by molar-refractivity contribution is -0.384. The third-order valence-electron chi connectivity index (χ3n) is 8.61. The van der Waals surface area contributed by atoms with Crippen molar-refractivity contribution in [2.75, 3.05) is 39.8 Å². The van der Waals surface area contributed by atoms with E-state index in [0.717, 1.165) is 44.5 Å². The molecule has 3 aromatic rings. The molecule has 1 unspecified atom stereocenters. The van der Waals surface area contributed by atoms with Gasteiger partial charge in [0, 0.05) is 62.4 Å². The summed E-state index contributed by atoms with van der Waals surface area (Å²) in [5, 5.41) is 10.9. The summed E-state index contributed by atoms with van der Waals surface area (Å²) >= 11 is 5.80. The van der Waals surface area contributed by atoms with Crippen molar-refractivity contribution in [3.63, 3.8) is 0 Å². The maximum atomic E-state index is 13.4. The number of hydrogen-bond acceptors (Lipinski definition) is 7. The highest BCUT2D eigenvalue weighted by molar-refractivity contribution is 7.89. The zero-order chi connectivity index (χ0) is 33.2. The molecule has 46 heavy (non-hydrogen) atoms. The number of benzene rings is 3. The molecule has 1 aliphatic rings. The standard InChI is InChI=1S/C34H41ClN4O6S/c1-34(29-10-5-3-6-11-29,27-36(2)46(43,44)32-12-7-4-8-13-32)20-25-37-23-18-30(19-24-37)38(22-9-21-35)33(40)45-26-28-14-16-31(17-15-28)39(41)42/h3-17,21,30H,18-20,22-27H2,1-2H3/b21-9+. The van der Waals surface area contributed by atoms with Crippen LogP contribution in [0.3, 0.4) is 0 Å². The molecule has 1 amide bonds. The molecule has 0 saturated carbocycles. The molecule has 0 N–H and O–H groups in total. The molecule has 0 bridgehead atoms. The number of likely N-dealkylation sites (tertiary alicyclic amines) is 1. The van der Waals surface area contributed by atoms with E-state index in [4.69, 9.17) is 16.3 Å². The van der Waals surface area contributed by atoms with Gasteiger partial charge in [-0.2, -0.15) is 0 Å². The summed E-state index contributed by atoms with van der Waals surface area (Å²) in [5.74, 6) is 0. The van der Waals surface area contributed by atoms with Crippen LogP contribution in [0.1, 0.15) is 37.3 Å². The third kappa shape index (κ3) is 9.16. The molecule has 0 aromatic heterocycles. The quantitative estimate of drug-likeness (QED) is 0.144. The van der Waals surface area contributed by atoms with Crippen molar-refractivity contribution < 1.29 is 22.9 Å². The zero-order valence-electron chi connectivity index (χ0n) is 26.2. The van der Waals surface area contributed by atoms with Gasteiger partial charge in [0.1, 0.15) is 6.61 Å². The summed E-state index contributed by atoms with van der Waals surface area (Å²) in [4.78, 5) is 27.9. The normalized spacial score (nSPS) is 15.9. The summed E-state index contributed by atoms with van der Waals surface area (Å²) in [6, 6.07) is 24.4. The number of rotatable bonds is 14. The third-order valence-corrected chi connectivity index (χ3v) is 10.6. The molecule has 10 nitrogen and oxygen atoms in total. The predicted octanol–water partition coefficient (Wildman–Crippen LogP) is 6.42. The van der Waals surface area contributed by atoms with E-state index in [-0.39, 0.29) is 23.2 Å². The number of ether oxygens (including phenoxy) is 1. The zero-order valence-corrected chi connectivity index (χ0v) is 27.8. The first-order chi connectivity index (χ1) is 22.0. The van der Waals surface area contributed by atoms with Crippen LogP contribution in [0.25, 0.3) is 0 Å². The fourth-order valence-corrected chi connectivity index (χ4v) is 7.23. The van der Waals surface area contributed by atoms with E-state index in [1.807, 2.05) is 18.2 Å². The minimum atomic E-state index is -3.66. The fraction of sp³-hybridized carbons (Fsp3) is 0.382. The van der Waals surface area contributed by atoms with Crippen molar-refractivity contribution in [1.82, 2.24) is 14.1 Å². The van der Waals surface area contributed by atoms with Crippen molar-refractivity contribution in [3.05, 3.63) is 118 Å². The molecule has 1 aliphatic heterocycles. The van der Waals surface area contributed by atoms with Gasteiger partial charge in [-0.05, 0) is 61.2 Å². The number of piperidine rings is 1. The average Bonchev–Trinajstić information content (AvgIpc) is 3.08. The molecular formula is C34H41ClN4O6S. The van der Waals surface area contributed by atoms with Gasteiger partial charge >= 0.3 is 6.09 Å². The Morgan fingerprint density at radius 2 is 1.65 bits per heavy atom. The number of sulfonamides is 1. The maximum absolute atomic E-state index is 13.4. The van der Waals surface area contributed by atoms with Gasteiger partial charge in [0.05, 0.1) is 9.82 Å². The van der Waals surface area contributed by atoms with Gasteiger partial charge in [-0.15, -0.1) is 0 Å². The number of amides is 1. The highest BCUT2D eigenvalue weighted by atomic mass is 35.5. The molecule has 1 fully saturated rings. The lowest BCUT2D eigenvalue weighted by atomic mass is 9.79. The number of non-ortho nitro benzene ring substituents is 1. The second-order valence-electron chi connectivity index (χ2n) is 11.8. The minimum absolute atomic E-state index is 0.00324. The number of likely N-dealkylation sites (N-methyl/N-ethyl adjacent to an activating group) is 1. The molecule has 12 heteroatoms. The number of nitro benzene ring substituents is 1. The highest BCUT2D eigenvalue weighted by Crippen LogP contribution is 2.31. The lowest BCUT2D eigenvalue weighted by Crippen LogP contribution is -2.48. The van der Waals surface area contributed by atoms with E-state index in [2.05, 4.69) is 24.0 Å². The number of nitro groups is 1. The average molecular weight is 669 g/mol. The maximum Gasteiger partial charge on any atom is 0.410 e. The topological polar surface area (TPSA) is 113 Å². The second-order valence-corrected chi connectivity index (χ2v) is 14.1. The first-order valence-electron chi connectivity index (χ1n) is 15.2. The van der Waals surface area contributed by atoms with Gasteiger partial charge in [-0.3, -0.25) is 10.1 Å². The summed E-state index contributed by atoms with van der Waals surface area (Å²) in [7, 11) is -2.02.